The van der Waals surface area contributed by atoms with Crippen molar-refractivity contribution in [2.45, 2.75) is 84.2 Å². The van der Waals surface area contributed by atoms with Gasteiger partial charge in [0.1, 0.15) is 0 Å². The number of rotatable bonds is 1. The summed E-state index contributed by atoms with van der Waals surface area (Å²) < 4.78 is 0. The molecule has 1 saturated heterocycles. The van der Waals surface area contributed by atoms with Crippen molar-refractivity contribution in [2.75, 3.05) is 6.54 Å². The maximum atomic E-state index is 13.2. The third kappa shape index (κ3) is 3.17. The van der Waals surface area contributed by atoms with Crippen molar-refractivity contribution in [2.24, 2.45) is 22.5 Å². The van der Waals surface area contributed by atoms with E-state index >= 15 is 0 Å². The summed E-state index contributed by atoms with van der Waals surface area (Å²) in [4.78, 5) is 15.4. The van der Waals surface area contributed by atoms with Crippen LogP contribution in [0.25, 0.3) is 0 Å². The predicted molar refractivity (Wildman–Crippen MR) is 93.0 cm³/mol. The highest BCUT2D eigenvalue weighted by Gasteiger charge is 2.53. The molecule has 4 unspecified atom stereocenters. The molecule has 0 aromatic heterocycles. The van der Waals surface area contributed by atoms with Gasteiger partial charge in [-0.25, -0.2) is 0 Å². The van der Waals surface area contributed by atoms with Gasteiger partial charge in [-0.05, 0) is 49.9 Å². The minimum Gasteiger partial charge on any atom is -0.339 e. The summed E-state index contributed by atoms with van der Waals surface area (Å²) in [6.07, 6.45) is 7.89. The molecule has 128 valence electrons. The van der Waals surface area contributed by atoms with Gasteiger partial charge >= 0.3 is 0 Å². The van der Waals surface area contributed by atoms with Crippen LogP contribution in [-0.4, -0.2) is 28.9 Å². The van der Waals surface area contributed by atoms with Gasteiger partial charge in [-0.2, -0.15) is 0 Å². The van der Waals surface area contributed by atoms with Crippen LogP contribution in [0.15, 0.2) is 0 Å². The van der Waals surface area contributed by atoms with E-state index in [1.807, 2.05) is 0 Å². The number of carbonyl (C=O) groups is 1. The molecule has 2 aliphatic carbocycles. The van der Waals surface area contributed by atoms with E-state index in [1.165, 1.54) is 19.3 Å². The van der Waals surface area contributed by atoms with Crippen LogP contribution < -0.4 is 5.73 Å². The molecular formula is C18H33ClN2O. The second kappa shape index (κ2) is 5.66. The van der Waals surface area contributed by atoms with Gasteiger partial charge in [0.25, 0.3) is 0 Å². The first-order valence-electron chi connectivity index (χ1n) is 8.71. The molecule has 4 atom stereocenters. The standard InChI is InChI=1S/C18H32N2O.ClH/c1-16(2)9-13-10-17(3,11-16)12-20(13)15(21)14-7-5-6-8-18(14,4)19;/h13-14H,5-12,19H2,1-4H3;1H. The minimum atomic E-state index is -0.303. The summed E-state index contributed by atoms with van der Waals surface area (Å²) in [5.41, 5.74) is 6.85. The molecule has 1 amide bonds. The number of fused-ring (bicyclic) bond motifs is 2. The SMILES string of the molecule is CC1(C)CC2CC(C)(CN2C(=O)C2CCCCC2(C)N)C1.Cl. The smallest absolute Gasteiger partial charge is 0.227 e. The fourth-order valence-electron chi connectivity index (χ4n) is 5.68. The Balaban J connectivity index is 0.00000176. The van der Waals surface area contributed by atoms with Crippen molar-refractivity contribution in [1.82, 2.24) is 4.90 Å². The molecule has 2 saturated carbocycles. The summed E-state index contributed by atoms with van der Waals surface area (Å²) in [6.45, 7) is 10.1. The monoisotopic (exact) mass is 328 g/mol. The Bertz CT molecular complexity index is 448. The van der Waals surface area contributed by atoms with Gasteiger partial charge in [-0.1, -0.05) is 33.6 Å². The minimum absolute atomic E-state index is 0. The van der Waals surface area contributed by atoms with Gasteiger partial charge in [0.05, 0.1) is 5.92 Å². The van der Waals surface area contributed by atoms with Crippen LogP contribution in [0.2, 0.25) is 0 Å². The number of nitrogens with two attached hydrogens (primary N) is 1. The van der Waals surface area contributed by atoms with Crippen LogP contribution >= 0.6 is 12.4 Å². The van der Waals surface area contributed by atoms with Gasteiger partial charge in [-0.3, -0.25) is 4.79 Å². The Morgan fingerprint density at radius 1 is 1.14 bits per heavy atom. The zero-order chi connectivity index (χ0) is 15.5. The molecule has 0 spiro atoms. The first-order chi connectivity index (χ1) is 9.62. The van der Waals surface area contributed by atoms with E-state index < -0.39 is 0 Å². The summed E-state index contributed by atoms with van der Waals surface area (Å²) >= 11 is 0. The summed E-state index contributed by atoms with van der Waals surface area (Å²) in [6, 6.07) is 0.448. The quantitative estimate of drug-likeness (QED) is 0.797. The maximum absolute atomic E-state index is 13.2. The van der Waals surface area contributed by atoms with Crippen molar-refractivity contribution in [3.8, 4) is 0 Å². The highest BCUT2D eigenvalue weighted by molar-refractivity contribution is 5.85. The molecule has 3 nitrogen and oxygen atoms in total. The van der Waals surface area contributed by atoms with Crippen molar-refractivity contribution in [3.63, 3.8) is 0 Å². The molecule has 3 fully saturated rings. The molecule has 1 heterocycles. The average molecular weight is 329 g/mol. The number of hydrogen-bond donors (Lipinski definition) is 1. The number of nitrogens with zero attached hydrogens (tertiary/aromatic N) is 1. The third-order valence-electron chi connectivity index (χ3n) is 6.25. The van der Waals surface area contributed by atoms with Crippen molar-refractivity contribution < 1.29 is 4.79 Å². The van der Waals surface area contributed by atoms with Crippen LogP contribution in [0, 0.1) is 16.7 Å². The summed E-state index contributed by atoms with van der Waals surface area (Å²) in [5, 5.41) is 0. The van der Waals surface area contributed by atoms with E-state index in [1.54, 1.807) is 0 Å². The Hall–Kier alpha value is -0.280. The molecule has 2 bridgehead atoms. The van der Waals surface area contributed by atoms with Gasteiger partial charge in [0, 0.05) is 18.1 Å². The van der Waals surface area contributed by atoms with Crippen molar-refractivity contribution in [1.29, 1.82) is 0 Å². The van der Waals surface area contributed by atoms with E-state index in [-0.39, 0.29) is 23.9 Å². The molecule has 2 N–H and O–H groups in total. The molecule has 22 heavy (non-hydrogen) atoms. The van der Waals surface area contributed by atoms with Crippen molar-refractivity contribution >= 4 is 18.3 Å². The van der Waals surface area contributed by atoms with Gasteiger partial charge in [-0.15, -0.1) is 12.4 Å². The van der Waals surface area contributed by atoms with E-state index in [9.17, 15) is 4.79 Å². The number of halogens is 1. The van der Waals surface area contributed by atoms with E-state index in [0.717, 1.165) is 32.2 Å². The lowest BCUT2D eigenvalue weighted by molar-refractivity contribution is -0.140. The zero-order valence-corrected chi connectivity index (χ0v) is 15.5. The normalized spacial score (nSPS) is 43.6. The third-order valence-corrected chi connectivity index (χ3v) is 6.25. The second-order valence-corrected chi connectivity index (χ2v) is 9.48. The number of likely N-dealkylation sites (tertiary alicyclic amines) is 1. The molecule has 3 aliphatic rings. The maximum Gasteiger partial charge on any atom is 0.227 e. The summed E-state index contributed by atoms with van der Waals surface area (Å²) in [5.74, 6) is 0.392. The van der Waals surface area contributed by atoms with Crippen molar-refractivity contribution in [3.05, 3.63) is 0 Å². The molecule has 4 heteroatoms. The van der Waals surface area contributed by atoms with Crippen LogP contribution in [0.1, 0.15) is 72.6 Å². The first-order valence-corrected chi connectivity index (χ1v) is 8.71. The largest absolute Gasteiger partial charge is 0.339 e. The predicted octanol–water partition coefficient (Wildman–Crippen LogP) is 3.74. The van der Waals surface area contributed by atoms with Gasteiger partial charge in [0.2, 0.25) is 5.91 Å². The molecule has 0 aromatic carbocycles. The Kier molecular flexibility index (Phi) is 4.65. The first kappa shape index (κ1) is 18.1. The Labute approximate surface area is 141 Å². The fraction of sp³-hybridized carbons (Fsp3) is 0.944. The lowest BCUT2D eigenvalue weighted by Gasteiger charge is -2.41. The van der Waals surface area contributed by atoms with Crippen LogP contribution in [-0.2, 0) is 4.79 Å². The molecule has 1 aliphatic heterocycles. The molecule has 3 rings (SSSR count). The zero-order valence-electron chi connectivity index (χ0n) is 14.7. The lowest BCUT2D eigenvalue weighted by atomic mass is 9.65. The van der Waals surface area contributed by atoms with Crippen LogP contribution in [0.5, 0.6) is 0 Å². The van der Waals surface area contributed by atoms with E-state index in [2.05, 4.69) is 32.6 Å². The van der Waals surface area contributed by atoms with Gasteiger partial charge in [0.15, 0.2) is 0 Å². The molecule has 0 aromatic rings. The van der Waals surface area contributed by atoms with E-state index in [0.29, 0.717) is 22.8 Å². The van der Waals surface area contributed by atoms with Gasteiger partial charge < -0.3 is 10.6 Å². The highest BCUT2D eigenvalue weighted by Crippen LogP contribution is 2.53. The summed E-state index contributed by atoms with van der Waals surface area (Å²) in [7, 11) is 0. The van der Waals surface area contributed by atoms with Crippen LogP contribution in [0.3, 0.4) is 0 Å². The number of hydrogen-bond acceptors (Lipinski definition) is 2. The Morgan fingerprint density at radius 2 is 1.82 bits per heavy atom. The average Bonchev–Trinajstić information content (AvgIpc) is 2.57. The fourth-order valence-corrected chi connectivity index (χ4v) is 5.68. The van der Waals surface area contributed by atoms with E-state index in [4.69, 9.17) is 5.73 Å². The van der Waals surface area contributed by atoms with Crippen LogP contribution in [0.4, 0.5) is 0 Å². The lowest BCUT2D eigenvalue weighted by Crippen LogP contribution is -2.54. The molecule has 0 radical (unpaired) electrons. The number of carbonyl (C=O) groups excluding carboxylic acids is 1. The Morgan fingerprint density at radius 3 is 2.45 bits per heavy atom. The second-order valence-electron chi connectivity index (χ2n) is 9.48. The topological polar surface area (TPSA) is 46.3 Å². The molecular weight excluding hydrogens is 296 g/mol. The number of amides is 1. The highest BCUT2D eigenvalue weighted by atomic mass is 35.5.